The van der Waals surface area contributed by atoms with Crippen LogP contribution < -0.4 is 0 Å². The van der Waals surface area contributed by atoms with Crippen LogP contribution in [0, 0.1) is 5.92 Å². The molecule has 2 heterocycles. The lowest BCUT2D eigenvalue weighted by molar-refractivity contribution is -0.137. The Kier molecular flexibility index (Phi) is 5.50. The summed E-state index contributed by atoms with van der Waals surface area (Å²) in [6.07, 6.45) is -4.42. The number of nitrogens with zero attached hydrogens (tertiary/aromatic N) is 4. The summed E-state index contributed by atoms with van der Waals surface area (Å²) in [5.41, 5.74) is -0.526. The molecule has 1 amide bonds. The molecule has 0 unspecified atom stereocenters. The Bertz CT molecular complexity index is 796. The molecule has 1 aromatic carbocycles. The van der Waals surface area contributed by atoms with Crippen molar-refractivity contribution in [1.29, 1.82) is 0 Å². The average Bonchev–Trinajstić information content (AvgIpc) is 3.09. The van der Waals surface area contributed by atoms with Gasteiger partial charge in [0.05, 0.1) is 12.1 Å². The van der Waals surface area contributed by atoms with Crippen LogP contribution in [0.3, 0.4) is 0 Å². The van der Waals surface area contributed by atoms with Gasteiger partial charge in [0.25, 0.3) is 5.89 Å². The summed E-state index contributed by atoms with van der Waals surface area (Å²) in [5.74, 6) is 0.584. The second-order valence-electron chi connectivity index (χ2n) is 6.85. The Hall–Kier alpha value is -2.42. The number of halogens is 3. The summed E-state index contributed by atoms with van der Waals surface area (Å²) in [7, 11) is 0. The van der Waals surface area contributed by atoms with Crippen molar-refractivity contribution in [3.05, 3.63) is 35.7 Å². The maximum atomic E-state index is 12.8. The number of piperazine rings is 1. The minimum Gasteiger partial charge on any atom is -0.340 e. The van der Waals surface area contributed by atoms with Crippen molar-refractivity contribution < 1.29 is 22.5 Å². The standard InChI is InChI=1S/C18H21F3N4O2/c1-12(2)17(26)25-8-6-24(7-9-25)11-15-22-16(27-23-15)13-4-3-5-14(10-13)18(19,20)21/h3-5,10,12H,6-9,11H2,1-2H3. The second kappa shape index (κ2) is 7.67. The minimum atomic E-state index is -4.42. The molecule has 1 aliphatic rings. The molecule has 0 bridgehead atoms. The van der Waals surface area contributed by atoms with Crippen LogP contribution >= 0.6 is 0 Å². The quantitative estimate of drug-likeness (QED) is 0.813. The highest BCUT2D eigenvalue weighted by molar-refractivity contribution is 5.78. The largest absolute Gasteiger partial charge is 0.416 e. The summed E-state index contributed by atoms with van der Waals surface area (Å²) in [5, 5.41) is 3.87. The molecule has 6 nitrogen and oxygen atoms in total. The van der Waals surface area contributed by atoms with E-state index in [2.05, 4.69) is 15.0 Å². The van der Waals surface area contributed by atoms with E-state index in [1.165, 1.54) is 12.1 Å². The third-order valence-electron chi connectivity index (χ3n) is 4.45. The number of alkyl halides is 3. The van der Waals surface area contributed by atoms with Crippen LogP contribution in [0.5, 0.6) is 0 Å². The van der Waals surface area contributed by atoms with Gasteiger partial charge in [0.2, 0.25) is 5.91 Å². The maximum absolute atomic E-state index is 12.8. The molecule has 1 aromatic heterocycles. The highest BCUT2D eigenvalue weighted by Gasteiger charge is 2.31. The van der Waals surface area contributed by atoms with Crippen LogP contribution in [0.4, 0.5) is 13.2 Å². The zero-order valence-electron chi connectivity index (χ0n) is 15.2. The van der Waals surface area contributed by atoms with Crippen molar-refractivity contribution in [2.75, 3.05) is 26.2 Å². The summed E-state index contributed by atoms with van der Waals surface area (Å²) in [6, 6.07) is 4.81. The summed E-state index contributed by atoms with van der Waals surface area (Å²) in [6.45, 7) is 6.82. The molecule has 0 radical (unpaired) electrons. The van der Waals surface area contributed by atoms with Crippen molar-refractivity contribution in [1.82, 2.24) is 19.9 Å². The number of hydrogen-bond acceptors (Lipinski definition) is 5. The summed E-state index contributed by atoms with van der Waals surface area (Å²) in [4.78, 5) is 20.1. The fourth-order valence-electron chi connectivity index (χ4n) is 2.96. The molecule has 3 rings (SSSR count). The topological polar surface area (TPSA) is 62.5 Å². The van der Waals surface area contributed by atoms with Crippen molar-refractivity contribution in [3.8, 4) is 11.5 Å². The van der Waals surface area contributed by atoms with E-state index >= 15 is 0 Å². The third-order valence-corrected chi connectivity index (χ3v) is 4.45. The number of amides is 1. The predicted molar refractivity (Wildman–Crippen MR) is 91.4 cm³/mol. The van der Waals surface area contributed by atoms with Crippen LogP contribution in [-0.2, 0) is 17.5 Å². The van der Waals surface area contributed by atoms with Gasteiger partial charge in [0, 0.05) is 37.7 Å². The third kappa shape index (κ3) is 4.65. The molecule has 0 spiro atoms. The van der Waals surface area contributed by atoms with Crippen LogP contribution in [0.2, 0.25) is 0 Å². The van der Waals surface area contributed by atoms with E-state index in [-0.39, 0.29) is 23.3 Å². The molecule has 0 atom stereocenters. The van der Waals surface area contributed by atoms with Gasteiger partial charge in [0.1, 0.15) is 0 Å². The molecule has 1 saturated heterocycles. The molecular formula is C18H21F3N4O2. The predicted octanol–water partition coefficient (Wildman–Crippen LogP) is 3.06. The Morgan fingerprint density at radius 2 is 1.93 bits per heavy atom. The smallest absolute Gasteiger partial charge is 0.340 e. The average molecular weight is 382 g/mol. The van der Waals surface area contributed by atoms with Crippen molar-refractivity contribution in [2.24, 2.45) is 5.92 Å². The molecule has 2 aromatic rings. The minimum absolute atomic E-state index is 0.0243. The highest BCUT2D eigenvalue weighted by Crippen LogP contribution is 2.31. The fraction of sp³-hybridized carbons (Fsp3) is 0.500. The Morgan fingerprint density at radius 1 is 1.22 bits per heavy atom. The lowest BCUT2D eigenvalue weighted by atomic mass is 10.1. The van der Waals surface area contributed by atoms with E-state index in [1.54, 1.807) is 0 Å². The summed E-state index contributed by atoms with van der Waals surface area (Å²) >= 11 is 0. The first-order valence-electron chi connectivity index (χ1n) is 8.75. The van der Waals surface area contributed by atoms with E-state index in [0.717, 1.165) is 12.1 Å². The van der Waals surface area contributed by atoms with E-state index in [0.29, 0.717) is 38.5 Å². The zero-order chi connectivity index (χ0) is 19.6. The molecule has 1 aliphatic heterocycles. The van der Waals surface area contributed by atoms with Gasteiger partial charge in [-0.25, -0.2) is 0 Å². The van der Waals surface area contributed by atoms with Crippen molar-refractivity contribution in [2.45, 2.75) is 26.6 Å². The van der Waals surface area contributed by atoms with Crippen LogP contribution in [0.1, 0.15) is 25.2 Å². The molecule has 1 fully saturated rings. The molecule has 146 valence electrons. The Balaban J connectivity index is 1.62. The zero-order valence-corrected chi connectivity index (χ0v) is 15.2. The van der Waals surface area contributed by atoms with Crippen molar-refractivity contribution >= 4 is 5.91 Å². The lowest BCUT2D eigenvalue weighted by Crippen LogP contribution is -2.49. The lowest BCUT2D eigenvalue weighted by Gasteiger charge is -2.34. The van der Waals surface area contributed by atoms with E-state index in [4.69, 9.17) is 4.52 Å². The van der Waals surface area contributed by atoms with Gasteiger partial charge in [-0.05, 0) is 18.2 Å². The molecule has 0 aliphatic carbocycles. The molecule has 9 heteroatoms. The van der Waals surface area contributed by atoms with Gasteiger partial charge in [-0.1, -0.05) is 25.1 Å². The molecule has 0 N–H and O–H groups in total. The van der Waals surface area contributed by atoms with E-state index in [9.17, 15) is 18.0 Å². The second-order valence-corrected chi connectivity index (χ2v) is 6.85. The van der Waals surface area contributed by atoms with Gasteiger partial charge in [-0.3, -0.25) is 9.69 Å². The number of carbonyl (C=O) groups excluding carboxylic acids is 1. The van der Waals surface area contributed by atoms with E-state index in [1.807, 2.05) is 18.7 Å². The molecule has 0 saturated carbocycles. The van der Waals surface area contributed by atoms with Crippen molar-refractivity contribution in [3.63, 3.8) is 0 Å². The first-order chi connectivity index (χ1) is 12.7. The van der Waals surface area contributed by atoms with E-state index < -0.39 is 11.7 Å². The van der Waals surface area contributed by atoms with Gasteiger partial charge in [0.15, 0.2) is 5.82 Å². The van der Waals surface area contributed by atoms with Gasteiger partial charge in [-0.2, -0.15) is 18.2 Å². The Morgan fingerprint density at radius 3 is 2.56 bits per heavy atom. The monoisotopic (exact) mass is 382 g/mol. The van der Waals surface area contributed by atoms with Gasteiger partial charge in [-0.15, -0.1) is 0 Å². The van der Waals surface area contributed by atoms with Crippen LogP contribution in [-0.4, -0.2) is 52.0 Å². The number of rotatable bonds is 4. The van der Waals surface area contributed by atoms with Gasteiger partial charge >= 0.3 is 6.18 Å². The molecular weight excluding hydrogens is 361 g/mol. The maximum Gasteiger partial charge on any atom is 0.416 e. The highest BCUT2D eigenvalue weighted by atomic mass is 19.4. The first-order valence-corrected chi connectivity index (χ1v) is 8.75. The number of aromatic nitrogens is 2. The van der Waals surface area contributed by atoms with Crippen LogP contribution in [0.15, 0.2) is 28.8 Å². The number of hydrogen-bond donors (Lipinski definition) is 0. The fourth-order valence-corrected chi connectivity index (χ4v) is 2.96. The number of carbonyl (C=O) groups is 1. The molecule has 27 heavy (non-hydrogen) atoms. The SMILES string of the molecule is CC(C)C(=O)N1CCN(Cc2noc(-c3cccc(C(F)(F)F)c3)n2)CC1. The van der Waals surface area contributed by atoms with Gasteiger partial charge < -0.3 is 9.42 Å². The normalized spacial score (nSPS) is 16.1. The first kappa shape index (κ1) is 19.3. The summed E-state index contributed by atoms with van der Waals surface area (Å²) < 4.78 is 43.6. The Labute approximate surface area is 154 Å². The van der Waals surface area contributed by atoms with Crippen LogP contribution in [0.25, 0.3) is 11.5 Å². The number of benzene rings is 1.